The number of nitrogens with zero attached hydrogens (tertiary/aromatic N) is 8. The molecule has 2 amide bonds. The number of aromatic nitrogens is 4. The SMILES string of the molecule is CC(C)N1C(=O)N(c2ccc(N3CCN(c4ccc(OC[C@H]5OC[C@](Cn6cncn6)(c6ccc(F)cc6F)O5)cc4)CC3)cc2)CC1Cc1ncccc1N. The van der Waals surface area contributed by atoms with Gasteiger partial charge in [-0.15, -0.1) is 0 Å². The number of urea groups is 1. The Kier molecular flexibility index (Phi) is 10.4. The highest BCUT2D eigenvalue weighted by Crippen LogP contribution is 2.38. The summed E-state index contributed by atoms with van der Waals surface area (Å²) in [6.45, 7) is 8.24. The van der Waals surface area contributed by atoms with Crippen molar-refractivity contribution in [1.29, 1.82) is 0 Å². The summed E-state index contributed by atoms with van der Waals surface area (Å²) in [6.07, 6.45) is 4.45. The van der Waals surface area contributed by atoms with Gasteiger partial charge in [0.05, 0.1) is 30.6 Å². The first kappa shape index (κ1) is 37.1. The lowest BCUT2D eigenvalue weighted by Crippen LogP contribution is -2.46. The Bertz CT molecular complexity index is 2110. The maximum atomic E-state index is 15.0. The van der Waals surface area contributed by atoms with Crippen LogP contribution in [0.15, 0.2) is 97.7 Å². The van der Waals surface area contributed by atoms with E-state index in [1.54, 1.807) is 6.20 Å². The molecule has 1 unspecified atom stereocenters. The number of hydrogen-bond acceptors (Lipinski definition) is 10. The van der Waals surface area contributed by atoms with Gasteiger partial charge in [-0.1, -0.05) is 6.07 Å². The zero-order valence-electron chi connectivity index (χ0n) is 31.4. The van der Waals surface area contributed by atoms with Gasteiger partial charge in [0.2, 0.25) is 0 Å². The molecular formula is C41H45F2N9O4. The number of pyridine rings is 1. The number of nitrogen functional groups attached to an aromatic ring is 1. The van der Waals surface area contributed by atoms with Crippen LogP contribution in [0.25, 0.3) is 0 Å². The zero-order chi connectivity index (χ0) is 38.8. The molecular weight excluding hydrogens is 721 g/mol. The molecule has 3 fully saturated rings. The topological polar surface area (TPSA) is 127 Å². The number of nitrogens with two attached hydrogens (primary N) is 1. The standard InChI is InChI=1S/C41H45F2N9O4/c1-28(2)52-33(21-38-37(44)4-3-15-46-38)22-51(40(52)53)32-8-6-30(7-9-32)48-16-18-49(19-17-48)31-10-12-34(13-11-31)54-23-39-55-25-41(56-39,24-50-27-45-26-47-50)35-14-5-29(42)20-36(35)43/h3-15,20,26-28,33,39H,16-19,21-25,44H2,1-2H3/t33?,39-,41+/m0/s1. The van der Waals surface area contributed by atoms with E-state index in [0.29, 0.717) is 24.4 Å². The molecule has 0 saturated carbocycles. The molecule has 3 atom stereocenters. The summed E-state index contributed by atoms with van der Waals surface area (Å²) >= 11 is 0. The molecule has 0 aliphatic carbocycles. The van der Waals surface area contributed by atoms with Crippen LogP contribution in [0.5, 0.6) is 5.75 Å². The fourth-order valence-electron chi connectivity index (χ4n) is 7.90. The predicted octanol–water partition coefficient (Wildman–Crippen LogP) is 5.47. The molecule has 13 nitrogen and oxygen atoms in total. The fraction of sp³-hybridized carbons (Fsp3) is 0.366. The molecule has 56 heavy (non-hydrogen) atoms. The summed E-state index contributed by atoms with van der Waals surface area (Å²) in [5.41, 5.74) is 9.66. The molecule has 292 valence electrons. The van der Waals surface area contributed by atoms with E-state index in [1.165, 1.54) is 29.5 Å². The summed E-state index contributed by atoms with van der Waals surface area (Å²) in [6, 6.07) is 23.2. The van der Waals surface area contributed by atoms with E-state index in [9.17, 15) is 13.6 Å². The Hall–Kier alpha value is -5.80. The van der Waals surface area contributed by atoms with Crippen molar-refractivity contribution in [2.75, 3.05) is 66.4 Å². The summed E-state index contributed by atoms with van der Waals surface area (Å²) in [4.78, 5) is 30.5. The molecule has 3 aliphatic rings. The largest absolute Gasteiger partial charge is 0.488 e. The molecule has 0 radical (unpaired) electrons. The lowest BCUT2D eigenvalue weighted by molar-refractivity contribution is -0.117. The normalized spacial score (nSPS) is 21.4. The molecule has 2 aromatic heterocycles. The minimum Gasteiger partial charge on any atom is -0.488 e. The van der Waals surface area contributed by atoms with Gasteiger partial charge in [0.25, 0.3) is 0 Å². The molecule has 15 heteroatoms. The molecule has 5 heterocycles. The average molecular weight is 766 g/mol. The zero-order valence-corrected chi connectivity index (χ0v) is 31.4. The summed E-state index contributed by atoms with van der Waals surface area (Å²) in [7, 11) is 0. The van der Waals surface area contributed by atoms with E-state index in [-0.39, 0.29) is 43.4 Å². The van der Waals surface area contributed by atoms with Crippen LogP contribution >= 0.6 is 0 Å². The maximum Gasteiger partial charge on any atom is 0.325 e. The van der Waals surface area contributed by atoms with Crippen molar-refractivity contribution in [3.63, 3.8) is 0 Å². The number of carbonyl (C=O) groups excluding carboxylic acids is 1. The lowest BCUT2D eigenvalue weighted by Gasteiger charge is -2.37. The number of ether oxygens (including phenoxy) is 3. The molecule has 3 saturated heterocycles. The third-order valence-electron chi connectivity index (χ3n) is 10.7. The average Bonchev–Trinajstić information content (AvgIpc) is 3.95. The van der Waals surface area contributed by atoms with Gasteiger partial charge in [0, 0.05) is 80.1 Å². The van der Waals surface area contributed by atoms with E-state index >= 15 is 0 Å². The van der Waals surface area contributed by atoms with E-state index in [2.05, 4.69) is 37.0 Å². The minimum atomic E-state index is -1.24. The number of rotatable bonds is 12. The highest BCUT2D eigenvalue weighted by Gasteiger charge is 2.46. The van der Waals surface area contributed by atoms with E-state index < -0.39 is 23.5 Å². The summed E-state index contributed by atoms with van der Waals surface area (Å²) < 4.78 is 48.4. The maximum absolute atomic E-state index is 15.0. The lowest BCUT2D eigenvalue weighted by atomic mass is 9.94. The van der Waals surface area contributed by atoms with Crippen LogP contribution in [0.2, 0.25) is 0 Å². The number of hydrogen-bond donors (Lipinski definition) is 1. The van der Waals surface area contributed by atoms with Crippen LogP contribution < -0.4 is 25.2 Å². The Morgan fingerprint density at radius 3 is 2.29 bits per heavy atom. The number of amides is 2. The molecule has 0 spiro atoms. The first-order valence-corrected chi connectivity index (χ1v) is 18.9. The number of piperazine rings is 1. The van der Waals surface area contributed by atoms with Crippen molar-refractivity contribution in [2.45, 2.75) is 50.8 Å². The van der Waals surface area contributed by atoms with Gasteiger partial charge in [-0.05, 0) is 80.6 Å². The number of anilines is 4. The number of benzene rings is 3. The van der Waals surface area contributed by atoms with Crippen molar-refractivity contribution in [2.24, 2.45) is 0 Å². The smallest absolute Gasteiger partial charge is 0.325 e. The molecule has 5 aromatic rings. The van der Waals surface area contributed by atoms with Gasteiger partial charge >= 0.3 is 6.03 Å². The van der Waals surface area contributed by atoms with Crippen LogP contribution in [0.3, 0.4) is 0 Å². The quantitative estimate of drug-likeness (QED) is 0.175. The van der Waals surface area contributed by atoms with Crippen LogP contribution in [-0.2, 0) is 28.0 Å². The highest BCUT2D eigenvalue weighted by molar-refractivity contribution is 5.95. The van der Waals surface area contributed by atoms with Crippen LogP contribution in [0.4, 0.5) is 36.3 Å². The number of carbonyl (C=O) groups is 1. The van der Waals surface area contributed by atoms with Crippen molar-refractivity contribution < 1.29 is 27.8 Å². The molecule has 8 rings (SSSR count). The van der Waals surface area contributed by atoms with Gasteiger partial charge in [0.1, 0.15) is 42.2 Å². The molecule has 3 aromatic carbocycles. The summed E-state index contributed by atoms with van der Waals surface area (Å²) in [5, 5.41) is 4.14. The minimum absolute atomic E-state index is 0.00237. The van der Waals surface area contributed by atoms with Crippen molar-refractivity contribution >= 4 is 28.8 Å². The molecule has 2 N–H and O–H groups in total. The van der Waals surface area contributed by atoms with Crippen LogP contribution in [0.1, 0.15) is 25.1 Å². The Balaban J connectivity index is 0.838. The molecule has 0 bridgehead atoms. The Morgan fingerprint density at radius 1 is 0.946 bits per heavy atom. The number of halogens is 2. The first-order valence-electron chi connectivity index (χ1n) is 18.9. The first-order chi connectivity index (χ1) is 27.2. The second-order valence-corrected chi connectivity index (χ2v) is 14.7. The monoisotopic (exact) mass is 765 g/mol. The summed E-state index contributed by atoms with van der Waals surface area (Å²) in [5.74, 6) is -0.760. The second-order valence-electron chi connectivity index (χ2n) is 14.7. The van der Waals surface area contributed by atoms with Crippen molar-refractivity contribution in [1.82, 2.24) is 24.6 Å². The van der Waals surface area contributed by atoms with Gasteiger partial charge in [-0.3, -0.25) is 9.88 Å². The predicted molar refractivity (Wildman–Crippen MR) is 208 cm³/mol. The van der Waals surface area contributed by atoms with Gasteiger partial charge in [-0.25, -0.2) is 23.2 Å². The van der Waals surface area contributed by atoms with E-state index in [0.717, 1.165) is 55.0 Å². The third-order valence-corrected chi connectivity index (χ3v) is 10.7. The Morgan fingerprint density at radius 2 is 1.64 bits per heavy atom. The van der Waals surface area contributed by atoms with Crippen molar-refractivity contribution in [3.8, 4) is 5.75 Å². The van der Waals surface area contributed by atoms with Gasteiger partial charge in [0.15, 0.2) is 6.29 Å². The van der Waals surface area contributed by atoms with E-state index in [1.807, 2.05) is 72.2 Å². The third kappa shape index (κ3) is 7.69. The van der Waals surface area contributed by atoms with Gasteiger partial charge < -0.3 is 34.6 Å². The molecule has 3 aliphatic heterocycles. The fourth-order valence-corrected chi connectivity index (χ4v) is 7.90. The van der Waals surface area contributed by atoms with E-state index in [4.69, 9.17) is 19.9 Å². The van der Waals surface area contributed by atoms with Gasteiger partial charge in [-0.2, -0.15) is 5.10 Å². The highest BCUT2D eigenvalue weighted by atomic mass is 19.1. The Labute approximate surface area is 324 Å². The van der Waals surface area contributed by atoms with Crippen molar-refractivity contribution in [3.05, 3.63) is 121 Å². The second kappa shape index (κ2) is 15.7. The van der Waals surface area contributed by atoms with Crippen LogP contribution in [-0.4, -0.2) is 95.0 Å². The van der Waals surface area contributed by atoms with Crippen LogP contribution in [0, 0.1) is 11.6 Å².